The first kappa shape index (κ1) is 15.0. The van der Waals surface area contributed by atoms with Crippen LogP contribution in [0.5, 0.6) is 11.5 Å². The zero-order valence-electron chi connectivity index (χ0n) is 11.9. The van der Waals surface area contributed by atoms with Crippen LogP contribution in [0.15, 0.2) is 42.5 Å². The van der Waals surface area contributed by atoms with E-state index in [2.05, 4.69) is 5.32 Å². The second kappa shape index (κ2) is 6.37. The molecule has 1 atom stereocenters. The number of carbonyl (C=O) groups is 1. The van der Waals surface area contributed by atoms with E-state index in [1.54, 1.807) is 43.4 Å². The number of amides is 1. The fraction of sp³-hybridized carbons (Fsp3) is 0.188. The Kier molecular flexibility index (Phi) is 4.55. The molecule has 0 heterocycles. The Morgan fingerprint density at radius 1 is 1.24 bits per heavy atom. The molecule has 0 spiro atoms. The van der Waals surface area contributed by atoms with Crippen LogP contribution in [0.25, 0.3) is 0 Å². The predicted molar refractivity (Wildman–Crippen MR) is 78.9 cm³/mol. The van der Waals surface area contributed by atoms with E-state index >= 15 is 0 Å². The van der Waals surface area contributed by atoms with Gasteiger partial charge in [0.15, 0.2) is 11.6 Å². The number of nitrogens with two attached hydrogens (primary N) is 1. The molecule has 4 nitrogen and oxygen atoms in total. The number of hydrogen-bond donors (Lipinski definition) is 2. The van der Waals surface area contributed by atoms with E-state index in [-0.39, 0.29) is 23.1 Å². The minimum atomic E-state index is -0.620. The van der Waals surface area contributed by atoms with Gasteiger partial charge in [-0.3, -0.25) is 4.79 Å². The maximum atomic E-state index is 14.1. The Balaban J connectivity index is 2.47. The van der Waals surface area contributed by atoms with Gasteiger partial charge >= 0.3 is 0 Å². The molecule has 21 heavy (non-hydrogen) atoms. The van der Waals surface area contributed by atoms with Crippen molar-refractivity contribution in [1.29, 1.82) is 0 Å². The first-order chi connectivity index (χ1) is 10.0. The zero-order chi connectivity index (χ0) is 15.4. The van der Waals surface area contributed by atoms with Crippen molar-refractivity contribution in [3.63, 3.8) is 0 Å². The molecular weight excluding hydrogens is 271 g/mol. The second-order valence-electron chi connectivity index (χ2n) is 4.63. The topological polar surface area (TPSA) is 64.3 Å². The van der Waals surface area contributed by atoms with Crippen molar-refractivity contribution in [2.45, 2.75) is 13.0 Å². The second-order valence-corrected chi connectivity index (χ2v) is 4.63. The lowest BCUT2D eigenvalue weighted by atomic mass is 10.1. The monoisotopic (exact) mass is 288 g/mol. The Morgan fingerprint density at radius 2 is 1.95 bits per heavy atom. The molecule has 0 bridgehead atoms. The maximum Gasteiger partial charge on any atom is 0.252 e. The van der Waals surface area contributed by atoms with E-state index in [9.17, 15) is 9.18 Å². The number of rotatable bonds is 5. The van der Waals surface area contributed by atoms with Gasteiger partial charge in [0.05, 0.1) is 5.56 Å². The van der Waals surface area contributed by atoms with Crippen molar-refractivity contribution in [1.82, 2.24) is 5.32 Å². The van der Waals surface area contributed by atoms with Gasteiger partial charge in [-0.05, 0) is 32.2 Å². The zero-order valence-corrected chi connectivity index (χ0v) is 11.9. The van der Waals surface area contributed by atoms with Gasteiger partial charge in [0, 0.05) is 11.6 Å². The molecule has 0 aromatic heterocycles. The van der Waals surface area contributed by atoms with Crippen molar-refractivity contribution in [3.05, 3.63) is 59.4 Å². The molecule has 0 saturated carbocycles. The van der Waals surface area contributed by atoms with Crippen LogP contribution >= 0.6 is 0 Å². The summed E-state index contributed by atoms with van der Waals surface area (Å²) in [5.74, 6) is -0.785. The highest BCUT2D eigenvalue weighted by molar-refractivity contribution is 5.95. The molecule has 2 rings (SSSR count). The van der Waals surface area contributed by atoms with E-state index < -0.39 is 11.7 Å². The number of primary amides is 1. The van der Waals surface area contributed by atoms with E-state index in [0.29, 0.717) is 5.56 Å². The van der Waals surface area contributed by atoms with Crippen molar-refractivity contribution < 1.29 is 13.9 Å². The molecule has 110 valence electrons. The number of halogens is 1. The third-order valence-electron chi connectivity index (χ3n) is 3.26. The Bertz CT molecular complexity index is 658. The number of para-hydroxylation sites is 2. The smallest absolute Gasteiger partial charge is 0.252 e. The predicted octanol–water partition coefficient (Wildman–Crippen LogP) is 3.00. The van der Waals surface area contributed by atoms with E-state index in [4.69, 9.17) is 10.5 Å². The van der Waals surface area contributed by atoms with Gasteiger partial charge in [0.2, 0.25) is 0 Å². The minimum Gasteiger partial charge on any atom is -0.453 e. The summed E-state index contributed by atoms with van der Waals surface area (Å²) in [5.41, 5.74) is 6.18. The standard InChI is InChI=1S/C16H17FN2O2/c1-10(19-2)11-7-5-8-13(17)15(11)21-14-9-4-3-6-12(14)16(18)20/h3-10,19H,1-2H3,(H2,18,20). The third kappa shape index (κ3) is 3.20. The third-order valence-corrected chi connectivity index (χ3v) is 3.26. The van der Waals surface area contributed by atoms with Crippen LogP contribution in [-0.2, 0) is 0 Å². The van der Waals surface area contributed by atoms with E-state index in [0.717, 1.165) is 0 Å². The SMILES string of the molecule is CNC(C)c1cccc(F)c1Oc1ccccc1C(N)=O. The summed E-state index contributed by atoms with van der Waals surface area (Å²) in [7, 11) is 1.77. The van der Waals surface area contributed by atoms with Crippen LogP contribution in [0.1, 0.15) is 28.9 Å². The Morgan fingerprint density at radius 3 is 2.62 bits per heavy atom. The molecule has 0 saturated heterocycles. The number of benzene rings is 2. The number of carbonyl (C=O) groups excluding carboxylic acids is 1. The number of nitrogens with one attached hydrogen (secondary N) is 1. The highest BCUT2D eigenvalue weighted by atomic mass is 19.1. The molecule has 0 radical (unpaired) electrons. The highest BCUT2D eigenvalue weighted by Gasteiger charge is 2.17. The Hall–Kier alpha value is -2.40. The normalized spacial score (nSPS) is 12.0. The molecule has 3 N–H and O–H groups in total. The van der Waals surface area contributed by atoms with Crippen LogP contribution in [0.4, 0.5) is 4.39 Å². The number of hydrogen-bond acceptors (Lipinski definition) is 3. The lowest BCUT2D eigenvalue weighted by molar-refractivity contribution is 0.0998. The van der Waals surface area contributed by atoms with E-state index in [1.165, 1.54) is 6.07 Å². The summed E-state index contributed by atoms with van der Waals surface area (Å²) in [6, 6.07) is 11.1. The maximum absolute atomic E-state index is 14.1. The van der Waals surface area contributed by atoms with Gasteiger partial charge in [-0.25, -0.2) is 4.39 Å². The molecule has 2 aromatic rings. The highest BCUT2D eigenvalue weighted by Crippen LogP contribution is 2.33. The van der Waals surface area contributed by atoms with Crippen LogP contribution in [0.2, 0.25) is 0 Å². The number of ether oxygens (including phenoxy) is 1. The summed E-state index contributed by atoms with van der Waals surface area (Å²) in [4.78, 5) is 11.4. The van der Waals surface area contributed by atoms with E-state index in [1.807, 2.05) is 6.92 Å². The lowest BCUT2D eigenvalue weighted by Crippen LogP contribution is -2.15. The summed E-state index contributed by atoms with van der Waals surface area (Å²) in [5, 5.41) is 3.03. The van der Waals surface area contributed by atoms with Gasteiger partial charge in [0.25, 0.3) is 5.91 Å². The average molecular weight is 288 g/mol. The van der Waals surface area contributed by atoms with Gasteiger partial charge < -0.3 is 15.8 Å². The van der Waals surface area contributed by atoms with Crippen molar-refractivity contribution in [3.8, 4) is 11.5 Å². The summed E-state index contributed by atoms with van der Waals surface area (Å²) in [6.07, 6.45) is 0. The lowest BCUT2D eigenvalue weighted by Gasteiger charge is -2.17. The molecule has 5 heteroatoms. The van der Waals surface area contributed by atoms with Gasteiger partial charge in [-0.2, -0.15) is 0 Å². The molecule has 1 amide bonds. The fourth-order valence-corrected chi connectivity index (χ4v) is 2.00. The van der Waals surface area contributed by atoms with Crippen LogP contribution in [0, 0.1) is 5.82 Å². The van der Waals surface area contributed by atoms with Gasteiger partial charge in [0.1, 0.15) is 5.75 Å². The summed E-state index contributed by atoms with van der Waals surface area (Å²) < 4.78 is 19.7. The van der Waals surface area contributed by atoms with Crippen molar-refractivity contribution in [2.75, 3.05) is 7.05 Å². The molecule has 2 aromatic carbocycles. The molecular formula is C16H17FN2O2. The first-order valence-corrected chi connectivity index (χ1v) is 6.57. The average Bonchev–Trinajstić information content (AvgIpc) is 2.48. The van der Waals surface area contributed by atoms with Crippen LogP contribution in [0.3, 0.4) is 0 Å². The first-order valence-electron chi connectivity index (χ1n) is 6.57. The summed E-state index contributed by atoms with van der Waals surface area (Å²) in [6.45, 7) is 1.89. The molecule has 1 unspecified atom stereocenters. The summed E-state index contributed by atoms with van der Waals surface area (Å²) >= 11 is 0. The van der Waals surface area contributed by atoms with Gasteiger partial charge in [-0.15, -0.1) is 0 Å². The fourth-order valence-electron chi connectivity index (χ4n) is 2.00. The van der Waals surface area contributed by atoms with Crippen LogP contribution in [-0.4, -0.2) is 13.0 Å². The largest absolute Gasteiger partial charge is 0.453 e. The molecule has 0 aliphatic carbocycles. The minimum absolute atomic E-state index is 0.0908. The van der Waals surface area contributed by atoms with Crippen molar-refractivity contribution in [2.24, 2.45) is 5.73 Å². The van der Waals surface area contributed by atoms with Crippen LogP contribution < -0.4 is 15.8 Å². The quantitative estimate of drug-likeness (QED) is 0.889. The molecule has 0 aliphatic heterocycles. The van der Waals surface area contributed by atoms with Crippen molar-refractivity contribution >= 4 is 5.91 Å². The Labute approximate surface area is 122 Å². The molecule has 0 fully saturated rings. The molecule has 0 aliphatic rings. The van der Waals surface area contributed by atoms with Gasteiger partial charge in [-0.1, -0.05) is 24.3 Å².